The van der Waals surface area contributed by atoms with Gasteiger partial charge >= 0.3 is 6.18 Å². The number of nitrogens with one attached hydrogen (secondary N) is 3. The molecule has 2 aromatic rings. The summed E-state index contributed by atoms with van der Waals surface area (Å²) in [6.45, 7) is 0.560. The van der Waals surface area contributed by atoms with Crippen LogP contribution < -0.4 is 20.9 Å². The van der Waals surface area contributed by atoms with E-state index in [4.69, 9.17) is 0 Å². The van der Waals surface area contributed by atoms with E-state index in [9.17, 15) is 31.5 Å². The molecule has 2 fully saturated rings. The number of benzene rings is 2. The van der Waals surface area contributed by atoms with Gasteiger partial charge in [-0.1, -0.05) is 12.1 Å². The maximum atomic E-state index is 14.7. The van der Waals surface area contributed by atoms with Gasteiger partial charge in [-0.2, -0.15) is 13.2 Å². The van der Waals surface area contributed by atoms with Gasteiger partial charge in [-0.25, -0.2) is 8.78 Å². The Morgan fingerprint density at radius 3 is 2.17 bits per heavy atom. The van der Waals surface area contributed by atoms with Crippen LogP contribution in [0.2, 0.25) is 0 Å². The second-order valence-corrected chi connectivity index (χ2v) is 8.76. The first kappa shape index (κ1) is 24.7. The standard InChI is InChI=1S/C24H25F5N4O2/c25-19-11-17(12-20(26)21(19)33-9-6-15(7-10-33)24(27,28)29)32-16-3-1-14(2-4-16)13-31-23(35)18-5-8-30-22(18)34/h1-4,11-12,15,18,32H,5-10,13H2,(H,30,34)(H,31,35). The van der Waals surface area contributed by atoms with Gasteiger partial charge in [0.15, 0.2) is 11.6 Å². The summed E-state index contributed by atoms with van der Waals surface area (Å²) in [5, 5.41) is 8.23. The van der Waals surface area contributed by atoms with Gasteiger partial charge in [0.05, 0.1) is 5.92 Å². The average molecular weight is 496 g/mol. The van der Waals surface area contributed by atoms with Crippen LogP contribution in [-0.2, 0) is 16.1 Å². The van der Waals surface area contributed by atoms with Crippen molar-refractivity contribution in [1.29, 1.82) is 0 Å². The number of piperidine rings is 1. The molecule has 6 nitrogen and oxygen atoms in total. The third-order valence-electron chi connectivity index (χ3n) is 6.37. The van der Waals surface area contributed by atoms with E-state index >= 15 is 0 Å². The zero-order valence-electron chi connectivity index (χ0n) is 18.7. The zero-order chi connectivity index (χ0) is 25.2. The lowest BCUT2D eigenvalue weighted by molar-refractivity contribution is -0.179. The van der Waals surface area contributed by atoms with Crippen molar-refractivity contribution in [1.82, 2.24) is 10.6 Å². The largest absolute Gasteiger partial charge is 0.391 e. The Labute approximate surface area is 198 Å². The van der Waals surface area contributed by atoms with Gasteiger partial charge in [0.1, 0.15) is 11.6 Å². The van der Waals surface area contributed by atoms with Crippen molar-refractivity contribution in [3.05, 3.63) is 53.6 Å². The lowest BCUT2D eigenvalue weighted by Gasteiger charge is -2.34. The van der Waals surface area contributed by atoms with E-state index in [0.29, 0.717) is 18.7 Å². The quantitative estimate of drug-likeness (QED) is 0.413. The van der Waals surface area contributed by atoms with Crippen LogP contribution in [0.1, 0.15) is 24.8 Å². The Morgan fingerprint density at radius 1 is 1.00 bits per heavy atom. The first-order valence-electron chi connectivity index (χ1n) is 11.3. The Morgan fingerprint density at radius 2 is 1.63 bits per heavy atom. The molecular weight excluding hydrogens is 471 g/mol. The van der Waals surface area contributed by atoms with Crippen molar-refractivity contribution in [2.75, 3.05) is 29.9 Å². The third kappa shape index (κ3) is 5.83. The van der Waals surface area contributed by atoms with E-state index in [1.54, 1.807) is 24.3 Å². The van der Waals surface area contributed by atoms with E-state index in [0.717, 1.165) is 17.7 Å². The summed E-state index contributed by atoms with van der Waals surface area (Å²) in [4.78, 5) is 25.0. The van der Waals surface area contributed by atoms with Gasteiger partial charge in [-0.05, 0) is 49.1 Å². The maximum Gasteiger partial charge on any atom is 0.391 e. The minimum Gasteiger partial charge on any atom is -0.367 e. The number of hydrogen-bond donors (Lipinski definition) is 3. The Hall–Kier alpha value is -3.37. The van der Waals surface area contributed by atoms with Crippen molar-refractivity contribution >= 4 is 28.9 Å². The molecule has 188 valence electrons. The van der Waals surface area contributed by atoms with E-state index < -0.39 is 29.6 Å². The summed E-state index contributed by atoms with van der Waals surface area (Å²) in [6.07, 6.45) is -4.25. The van der Waals surface area contributed by atoms with E-state index in [1.807, 2.05) is 0 Å². The van der Waals surface area contributed by atoms with E-state index in [1.165, 1.54) is 4.90 Å². The second-order valence-electron chi connectivity index (χ2n) is 8.76. The highest BCUT2D eigenvalue weighted by Gasteiger charge is 2.41. The van der Waals surface area contributed by atoms with Gasteiger partial charge in [0.25, 0.3) is 0 Å². The molecule has 2 aliphatic rings. The molecule has 2 aliphatic heterocycles. The van der Waals surface area contributed by atoms with Crippen LogP contribution in [0, 0.1) is 23.5 Å². The third-order valence-corrected chi connectivity index (χ3v) is 6.37. The molecule has 0 bridgehead atoms. The molecule has 4 rings (SSSR count). The number of hydrogen-bond acceptors (Lipinski definition) is 4. The monoisotopic (exact) mass is 496 g/mol. The van der Waals surface area contributed by atoms with Gasteiger partial charge in [0, 0.05) is 37.6 Å². The zero-order valence-corrected chi connectivity index (χ0v) is 18.7. The van der Waals surface area contributed by atoms with E-state index in [-0.39, 0.29) is 55.7 Å². The number of alkyl halides is 3. The number of amides is 2. The number of nitrogens with zero attached hydrogens (tertiary/aromatic N) is 1. The van der Waals surface area contributed by atoms with Crippen LogP contribution in [0.5, 0.6) is 0 Å². The number of rotatable bonds is 6. The van der Waals surface area contributed by atoms with Crippen molar-refractivity contribution in [3.63, 3.8) is 0 Å². The lowest BCUT2D eigenvalue weighted by atomic mass is 9.96. The molecule has 0 spiro atoms. The summed E-state index contributed by atoms with van der Waals surface area (Å²) in [5.41, 5.74) is 1.16. The molecule has 0 radical (unpaired) electrons. The predicted molar refractivity (Wildman–Crippen MR) is 120 cm³/mol. The SMILES string of the molecule is O=C1NCCC1C(=O)NCc1ccc(Nc2cc(F)c(N3CCC(C(F)(F)F)CC3)c(F)c2)cc1. The Kier molecular flexibility index (Phi) is 7.13. The van der Waals surface area contributed by atoms with Crippen molar-refractivity contribution in [2.45, 2.75) is 32.0 Å². The van der Waals surface area contributed by atoms with Gasteiger partial charge in [0.2, 0.25) is 11.8 Å². The highest BCUT2D eigenvalue weighted by atomic mass is 19.4. The molecule has 2 saturated heterocycles. The molecule has 11 heteroatoms. The van der Waals surface area contributed by atoms with Crippen LogP contribution in [0.4, 0.5) is 39.0 Å². The van der Waals surface area contributed by atoms with Gasteiger partial charge in [-0.3, -0.25) is 9.59 Å². The minimum atomic E-state index is -4.30. The summed E-state index contributed by atoms with van der Waals surface area (Å²) in [6, 6.07) is 9.02. The van der Waals surface area contributed by atoms with Gasteiger partial charge in [-0.15, -0.1) is 0 Å². The summed E-state index contributed by atoms with van der Waals surface area (Å²) < 4.78 is 68.0. The maximum absolute atomic E-state index is 14.7. The smallest absolute Gasteiger partial charge is 0.367 e. The Bertz CT molecular complexity index is 1060. The predicted octanol–water partition coefficient (Wildman–Crippen LogP) is 4.24. The van der Waals surface area contributed by atoms with Gasteiger partial charge < -0.3 is 20.9 Å². The second kappa shape index (κ2) is 10.1. The number of carbonyl (C=O) groups excluding carboxylic acids is 2. The molecule has 2 heterocycles. The van der Waals surface area contributed by atoms with Crippen LogP contribution in [0.25, 0.3) is 0 Å². The van der Waals surface area contributed by atoms with E-state index in [2.05, 4.69) is 16.0 Å². The fourth-order valence-electron chi connectivity index (χ4n) is 4.40. The molecular formula is C24H25F5N4O2. The van der Waals surface area contributed by atoms with Crippen LogP contribution >= 0.6 is 0 Å². The van der Waals surface area contributed by atoms with Crippen LogP contribution in [0.3, 0.4) is 0 Å². The van der Waals surface area contributed by atoms with Crippen LogP contribution in [-0.4, -0.2) is 37.6 Å². The normalized spacial score (nSPS) is 18.9. The molecule has 1 atom stereocenters. The molecule has 0 aliphatic carbocycles. The fraction of sp³-hybridized carbons (Fsp3) is 0.417. The fourth-order valence-corrected chi connectivity index (χ4v) is 4.40. The van der Waals surface area contributed by atoms with Crippen molar-refractivity contribution in [3.8, 4) is 0 Å². The topological polar surface area (TPSA) is 73.5 Å². The van der Waals surface area contributed by atoms with Crippen LogP contribution in [0.15, 0.2) is 36.4 Å². The molecule has 3 N–H and O–H groups in total. The number of anilines is 3. The Balaban J connectivity index is 1.35. The molecule has 2 aromatic carbocycles. The first-order chi connectivity index (χ1) is 16.6. The summed E-state index contributed by atoms with van der Waals surface area (Å²) >= 11 is 0. The molecule has 35 heavy (non-hydrogen) atoms. The van der Waals surface area contributed by atoms with Crippen molar-refractivity contribution < 1.29 is 31.5 Å². The molecule has 1 unspecified atom stereocenters. The number of carbonyl (C=O) groups is 2. The molecule has 2 amide bonds. The molecule has 0 saturated carbocycles. The highest BCUT2D eigenvalue weighted by Crippen LogP contribution is 2.37. The van der Waals surface area contributed by atoms with Crippen molar-refractivity contribution in [2.24, 2.45) is 11.8 Å². The summed E-state index contributed by atoms with van der Waals surface area (Å²) in [7, 11) is 0. The average Bonchev–Trinajstić information content (AvgIpc) is 3.24. The lowest BCUT2D eigenvalue weighted by Crippen LogP contribution is -2.39. The minimum absolute atomic E-state index is 0.0752. The highest BCUT2D eigenvalue weighted by molar-refractivity contribution is 6.01. The summed E-state index contributed by atoms with van der Waals surface area (Å²) in [5.74, 6) is -4.46. The molecule has 0 aromatic heterocycles. The number of halogens is 5. The first-order valence-corrected chi connectivity index (χ1v) is 11.3.